The molecule has 0 spiro atoms. The Balaban J connectivity index is 0.000000411. The molecule has 2 heterocycles. The van der Waals surface area contributed by atoms with Crippen LogP contribution in [0.5, 0.6) is 0 Å². The minimum absolute atomic E-state index is 0. The minimum Gasteiger partial charge on any atom is -1.00 e. The second-order valence-corrected chi connectivity index (χ2v) is 6.34. The first-order chi connectivity index (χ1) is 10.4. The van der Waals surface area contributed by atoms with Crippen molar-refractivity contribution in [2.24, 2.45) is 9.98 Å². The summed E-state index contributed by atoms with van der Waals surface area (Å²) >= 11 is 0. The summed E-state index contributed by atoms with van der Waals surface area (Å²) < 4.78 is 0. The molecule has 0 amide bonds. The van der Waals surface area contributed by atoms with Crippen molar-refractivity contribution in [2.75, 3.05) is 0 Å². The van der Waals surface area contributed by atoms with E-state index >= 15 is 0 Å². The van der Waals surface area contributed by atoms with Crippen molar-refractivity contribution in [3.63, 3.8) is 0 Å². The van der Waals surface area contributed by atoms with Crippen LogP contribution in [-0.2, 0) is 26.2 Å². The van der Waals surface area contributed by atoms with Crippen molar-refractivity contribution >= 4 is 11.4 Å². The maximum Gasteiger partial charge on any atom is 2.00 e. The topological polar surface area (TPSA) is 24.7 Å². The van der Waals surface area contributed by atoms with Gasteiger partial charge in [-0.15, -0.1) is 0 Å². The van der Waals surface area contributed by atoms with Crippen LogP contribution in [0, 0.1) is 0 Å². The molecule has 4 aliphatic rings. The molecule has 0 radical (unpaired) electrons. The zero-order valence-corrected chi connectivity index (χ0v) is 19.4. The molecule has 5 heteroatoms. The van der Waals surface area contributed by atoms with E-state index in [2.05, 4.69) is 62.0 Å². The van der Waals surface area contributed by atoms with Crippen LogP contribution < -0.4 is 24.8 Å². The first kappa shape index (κ1) is 24.2. The molecule has 2 aliphatic carbocycles. The third kappa shape index (κ3) is 4.70. The van der Waals surface area contributed by atoms with Gasteiger partial charge >= 0.3 is 26.2 Å². The molecule has 0 aromatic rings. The Morgan fingerprint density at radius 1 is 0.560 bits per heavy atom. The molecule has 25 heavy (non-hydrogen) atoms. The quantitative estimate of drug-likeness (QED) is 0.462. The Bertz CT molecular complexity index is 762. The van der Waals surface area contributed by atoms with E-state index in [-0.39, 0.29) is 51.0 Å². The molecule has 0 aromatic heterocycles. The molecule has 0 aromatic carbocycles. The average molecular weight is 453 g/mol. The molecular weight excluding hydrogens is 430 g/mol. The summed E-state index contributed by atoms with van der Waals surface area (Å²) in [6.45, 7) is 12.6. The van der Waals surface area contributed by atoms with Crippen molar-refractivity contribution < 1.29 is 51.0 Å². The number of rotatable bonds is 0. The van der Waals surface area contributed by atoms with Gasteiger partial charge in [0.1, 0.15) is 0 Å². The van der Waals surface area contributed by atoms with Crippen LogP contribution >= 0.6 is 0 Å². The average Bonchev–Trinajstić information content (AvgIpc) is 3.12. The van der Waals surface area contributed by atoms with Gasteiger partial charge in [-0.3, -0.25) is 9.98 Å². The first-order valence-electron chi connectivity index (χ1n) is 7.70. The predicted octanol–water partition coefficient (Wildman–Crippen LogP) is -0.752. The van der Waals surface area contributed by atoms with Gasteiger partial charge in [0, 0.05) is 22.6 Å². The number of fused-ring (bicyclic) bond motifs is 2. The fourth-order valence-electron chi connectivity index (χ4n) is 3.24. The van der Waals surface area contributed by atoms with Gasteiger partial charge in [-0.05, 0) is 76.0 Å². The molecule has 0 saturated carbocycles. The van der Waals surface area contributed by atoms with Gasteiger partial charge in [-0.1, -0.05) is 12.2 Å². The van der Waals surface area contributed by atoms with Gasteiger partial charge in [0.2, 0.25) is 0 Å². The van der Waals surface area contributed by atoms with Crippen molar-refractivity contribution in [1.29, 1.82) is 0 Å². The molecule has 0 bridgehead atoms. The second kappa shape index (κ2) is 9.26. The SMILES string of the molecule is CC1=CC(C)=C2N=C(C)C=C12.CC1=CC(C)=C2N=C(C)C=C12.[Cl-].[Cl-].[Zr+2]. The van der Waals surface area contributed by atoms with E-state index in [4.69, 9.17) is 0 Å². The summed E-state index contributed by atoms with van der Waals surface area (Å²) in [5, 5.41) is 0. The Kier molecular flexibility index (Phi) is 8.98. The molecular formula is C20H22Cl2N2Zr. The zero-order chi connectivity index (χ0) is 16.0. The van der Waals surface area contributed by atoms with E-state index in [9.17, 15) is 0 Å². The Morgan fingerprint density at radius 3 is 1.16 bits per heavy atom. The first-order valence-corrected chi connectivity index (χ1v) is 7.70. The normalized spacial score (nSPS) is 19.0. The molecule has 0 N–H and O–H groups in total. The fraction of sp³-hybridized carbons (Fsp3) is 0.300. The van der Waals surface area contributed by atoms with Crippen LogP contribution in [0.2, 0.25) is 0 Å². The van der Waals surface area contributed by atoms with Gasteiger partial charge in [-0.25, -0.2) is 0 Å². The Hall–Kier alpha value is -0.757. The van der Waals surface area contributed by atoms with Gasteiger partial charge in [0.15, 0.2) is 0 Å². The molecule has 4 rings (SSSR count). The van der Waals surface area contributed by atoms with Crippen LogP contribution in [0.25, 0.3) is 0 Å². The van der Waals surface area contributed by atoms with Crippen molar-refractivity contribution in [1.82, 2.24) is 0 Å². The van der Waals surface area contributed by atoms with Crippen LogP contribution in [0.15, 0.2) is 79.1 Å². The molecule has 0 fully saturated rings. The second-order valence-electron chi connectivity index (χ2n) is 6.34. The van der Waals surface area contributed by atoms with E-state index < -0.39 is 0 Å². The Labute approximate surface area is 182 Å². The van der Waals surface area contributed by atoms with E-state index in [0.29, 0.717) is 0 Å². The van der Waals surface area contributed by atoms with Gasteiger partial charge in [-0.2, -0.15) is 0 Å². The number of aliphatic imine (C=N–C) groups is 2. The van der Waals surface area contributed by atoms with Gasteiger partial charge < -0.3 is 24.8 Å². The molecule has 0 unspecified atom stereocenters. The van der Waals surface area contributed by atoms with Crippen molar-refractivity contribution in [2.45, 2.75) is 41.5 Å². The summed E-state index contributed by atoms with van der Waals surface area (Å²) in [6, 6.07) is 0. The summed E-state index contributed by atoms with van der Waals surface area (Å²) in [5.74, 6) is 0. The molecule has 2 nitrogen and oxygen atoms in total. The summed E-state index contributed by atoms with van der Waals surface area (Å²) in [7, 11) is 0. The van der Waals surface area contributed by atoms with Gasteiger partial charge in [0.25, 0.3) is 0 Å². The largest absolute Gasteiger partial charge is 2.00 e. The van der Waals surface area contributed by atoms with E-state index in [0.717, 1.165) is 11.4 Å². The molecule has 0 saturated heterocycles. The molecule has 2 aliphatic heterocycles. The van der Waals surface area contributed by atoms with E-state index in [1.54, 1.807) is 0 Å². The predicted molar refractivity (Wildman–Crippen MR) is 95.3 cm³/mol. The standard InChI is InChI=1S/2C10H11N.2ClH.Zr/c2*1-6-4-7(2)10-9(6)5-8(3)11-10;;;/h2*4-5H,1-3H3;2*1H;/q;;;;+2/p-2. The van der Waals surface area contributed by atoms with Crippen LogP contribution in [0.4, 0.5) is 0 Å². The number of hydrogen-bond donors (Lipinski definition) is 0. The van der Waals surface area contributed by atoms with E-state index in [1.165, 1.54) is 44.8 Å². The summed E-state index contributed by atoms with van der Waals surface area (Å²) in [6.07, 6.45) is 8.68. The van der Waals surface area contributed by atoms with Crippen LogP contribution in [-0.4, -0.2) is 11.4 Å². The Morgan fingerprint density at radius 2 is 0.880 bits per heavy atom. The monoisotopic (exact) mass is 450 g/mol. The smallest absolute Gasteiger partial charge is 1.00 e. The summed E-state index contributed by atoms with van der Waals surface area (Å²) in [4.78, 5) is 8.87. The number of halogens is 2. The van der Waals surface area contributed by atoms with Crippen molar-refractivity contribution in [3.8, 4) is 0 Å². The maximum atomic E-state index is 4.43. The third-order valence-electron chi connectivity index (χ3n) is 4.26. The number of hydrogen-bond acceptors (Lipinski definition) is 2. The third-order valence-corrected chi connectivity index (χ3v) is 4.26. The van der Waals surface area contributed by atoms with Crippen LogP contribution in [0.1, 0.15) is 41.5 Å². The summed E-state index contributed by atoms with van der Waals surface area (Å²) in [5.41, 5.74) is 12.5. The minimum atomic E-state index is 0. The molecule has 130 valence electrons. The number of nitrogens with zero attached hydrogens (tertiary/aromatic N) is 2. The zero-order valence-electron chi connectivity index (χ0n) is 15.5. The maximum absolute atomic E-state index is 4.43. The molecule has 0 atom stereocenters. The van der Waals surface area contributed by atoms with E-state index in [1.807, 2.05) is 13.8 Å². The van der Waals surface area contributed by atoms with Crippen molar-refractivity contribution in [3.05, 3.63) is 69.1 Å². The number of allylic oxidation sites excluding steroid dienone is 8. The fourth-order valence-corrected chi connectivity index (χ4v) is 3.24. The van der Waals surface area contributed by atoms with Crippen LogP contribution in [0.3, 0.4) is 0 Å². The van der Waals surface area contributed by atoms with Gasteiger partial charge in [0.05, 0.1) is 11.4 Å².